The van der Waals surface area contributed by atoms with Crippen molar-refractivity contribution in [1.29, 1.82) is 0 Å². The van der Waals surface area contributed by atoms with Gasteiger partial charge in [0.1, 0.15) is 0 Å². The molecule has 0 radical (unpaired) electrons. The van der Waals surface area contributed by atoms with Crippen LogP contribution >= 0.6 is 0 Å². The van der Waals surface area contributed by atoms with Gasteiger partial charge in [0, 0.05) is 32.4 Å². The van der Waals surface area contributed by atoms with Crippen molar-refractivity contribution in [2.45, 2.75) is 40.3 Å². The van der Waals surface area contributed by atoms with Gasteiger partial charge in [-0.05, 0) is 50.5 Å². The normalized spacial score (nSPS) is 14.1. The Morgan fingerprint density at radius 1 is 1.08 bits per heavy atom. The van der Waals surface area contributed by atoms with E-state index in [0.29, 0.717) is 17.7 Å². The zero-order chi connectivity index (χ0) is 18.6. The van der Waals surface area contributed by atoms with Crippen LogP contribution in [0, 0.1) is 13.8 Å². The van der Waals surface area contributed by atoms with Crippen LogP contribution in [0.5, 0.6) is 0 Å². The summed E-state index contributed by atoms with van der Waals surface area (Å²) in [5.41, 5.74) is 3.83. The van der Waals surface area contributed by atoms with Crippen LogP contribution in [0.25, 0.3) is 11.2 Å². The molecule has 0 saturated heterocycles. The van der Waals surface area contributed by atoms with Crippen molar-refractivity contribution in [1.82, 2.24) is 18.7 Å². The molecule has 0 aliphatic carbocycles. The fraction of sp³-hybridized carbons (Fsp3) is 0.421. The Hall–Kier alpha value is -2.83. The van der Waals surface area contributed by atoms with Gasteiger partial charge in [-0.2, -0.15) is 4.98 Å². The summed E-state index contributed by atoms with van der Waals surface area (Å²) < 4.78 is 4.71. The lowest BCUT2D eigenvalue weighted by atomic mass is 10.1. The molecule has 0 amide bonds. The van der Waals surface area contributed by atoms with Gasteiger partial charge in [0.2, 0.25) is 5.95 Å². The minimum atomic E-state index is -0.321. The zero-order valence-electron chi connectivity index (χ0n) is 15.6. The molecule has 0 atom stereocenters. The quantitative estimate of drug-likeness (QED) is 0.707. The molecule has 0 unspecified atom stereocenters. The number of hydrogen-bond donors (Lipinski definition) is 0. The molecule has 0 N–H and O–H groups in total. The van der Waals surface area contributed by atoms with Crippen molar-refractivity contribution in [3.05, 3.63) is 50.2 Å². The molecule has 1 aromatic carbocycles. The average Bonchev–Trinajstić information content (AvgIpc) is 2.99. The number of rotatable bonds is 2. The molecule has 3 aromatic rings. The molecule has 2 aromatic heterocycles. The Kier molecular flexibility index (Phi) is 3.75. The van der Waals surface area contributed by atoms with Crippen molar-refractivity contribution >= 4 is 22.8 Å². The van der Waals surface area contributed by atoms with E-state index in [4.69, 9.17) is 4.98 Å². The van der Waals surface area contributed by atoms with Gasteiger partial charge < -0.3 is 9.47 Å². The first-order chi connectivity index (χ1) is 12.4. The topological polar surface area (TPSA) is 65.1 Å². The Labute approximate surface area is 151 Å². The van der Waals surface area contributed by atoms with E-state index >= 15 is 0 Å². The molecule has 4 rings (SSSR count). The monoisotopic (exact) mass is 353 g/mol. The maximum atomic E-state index is 12.9. The summed E-state index contributed by atoms with van der Waals surface area (Å²) in [4.78, 5) is 32.2. The maximum absolute atomic E-state index is 12.9. The van der Waals surface area contributed by atoms with Crippen LogP contribution in [0.1, 0.15) is 24.5 Å². The Morgan fingerprint density at radius 3 is 2.42 bits per heavy atom. The van der Waals surface area contributed by atoms with Gasteiger partial charge in [-0.15, -0.1) is 0 Å². The lowest BCUT2D eigenvalue weighted by molar-refractivity contribution is 0.595. The van der Waals surface area contributed by atoms with Gasteiger partial charge in [-0.1, -0.05) is 6.07 Å². The third kappa shape index (κ3) is 2.30. The number of imidazole rings is 1. The van der Waals surface area contributed by atoms with Crippen molar-refractivity contribution in [3.63, 3.8) is 0 Å². The van der Waals surface area contributed by atoms with Crippen LogP contribution in [-0.2, 0) is 20.1 Å². The highest BCUT2D eigenvalue weighted by Gasteiger charge is 2.26. The molecule has 26 heavy (non-hydrogen) atoms. The van der Waals surface area contributed by atoms with E-state index in [0.717, 1.165) is 31.1 Å². The Bertz CT molecular complexity index is 1120. The van der Waals surface area contributed by atoms with Crippen molar-refractivity contribution in [2.75, 3.05) is 11.4 Å². The van der Waals surface area contributed by atoms with E-state index in [1.807, 2.05) is 11.5 Å². The van der Waals surface area contributed by atoms with Crippen molar-refractivity contribution < 1.29 is 0 Å². The molecule has 7 nitrogen and oxygen atoms in total. The predicted octanol–water partition coefficient (Wildman–Crippen LogP) is 2.08. The van der Waals surface area contributed by atoms with Gasteiger partial charge in [0.15, 0.2) is 11.2 Å². The number of aromatic nitrogens is 4. The molecule has 3 heterocycles. The van der Waals surface area contributed by atoms with Gasteiger partial charge in [0.05, 0.1) is 0 Å². The predicted molar refractivity (Wildman–Crippen MR) is 102 cm³/mol. The van der Waals surface area contributed by atoms with Crippen LogP contribution in [-0.4, -0.2) is 25.2 Å². The molecular formula is C19H23N5O2. The maximum Gasteiger partial charge on any atom is 0.332 e. The lowest BCUT2D eigenvalue weighted by Gasteiger charge is -2.29. The van der Waals surface area contributed by atoms with Crippen molar-refractivity contribution in [2.24, 2.45) is 7.05 Å². The fourth-order valence-corrected chi connectivity index (χ4v) is 3.89. The average molecular weight is 353 g/mol. The molecular weight excluding hydrogens is 330 g/mol. The molecule has 0 fully saturated rings. The highest BCUT2D eigenvalue weighted by Crippen LogP contribution is 2.31. The molecule has 136 valence electrons. The van der Waals surface area contributed by atoms with E-state index in [9.17, 15) is 9.59 Å². The van der Waals surface area contributed by atoms with E-state index in [1.54, 1.807) is 7.05 Å². The van der Waals surface area contributed by atoms with Crippen molar-refractivity contribution in [3.8, 4) is 0 Å². The van der Waals surface area contributed by atoms with E-state index in [-0.39, 0.29) is 11.2 Å². The number of fused-ring (bicyclic) bond motifs is 3. The first kappa shape index (κ1) is 16.6. The second-order valence-electron chi connectivity index (χ2n) is 6.98. The second-order valence-corrected chi connectivity index (χ2v) is 6.98. The summed E-state index contributed by atoms with van der Waals surface area (Å²) in [5.74, 6) is 0.734. The molecule has 7 heteroatoms. The Morgan fingerprint density at radius 2 is 1.77 bits per heavy atom. The third-order valence-corrected chi connectivity index (χ3v) is 5.05. The van der Waals surface area contributed by atoms with E-state index in [2.05, 4.69) is 36.9 Å². The van der Waals surface area contributed by atoms with Gasteiger partial charge in [-0.3, -0.25) is 13.9 Å². The summed E-state index contributed by atoms with van der Waals surface area (Å²) in [6.07, 6.45) is 0.917. The number of benzene rings is 1. The highest BCUT2D eigenvalue weighted by molar-refractivity contribution is 5.77. The molecule has 0 saturated carbocycles. The minimum Gasteiger partial charge on any atom is -0.312 e. The molecule has 1 aliphatic rings. The number of aryl methyl sites for hydroxylation is 4. The smallest absolute Gasteiger partial charge is 0.312 e. The highest BCUT2D eigenvalue weighted by atomic mass is 16.2. The fourth-order valence-electron chi connectivity index (χ4n) is 3.89. The van der Waals surface area contributed by atoms with Crippen LogP contribution in [0.3, 0.4) is 0 Å². The standard InChI is InChI=1S/C19H23N5O2/c1-5-22-17(25)15-16(21(4)19(22)26)20-18-23(7-6-8-24(15)18)14-10-12(2)9-13(3)11-14/h9-11H,5-8H2,1-4H3. The van der Waals surface area contributed by atoms with Crippen LogP contribution < -0.4 is 16.1 Å². The Balaban J connectivity index is 2.02. The summed E-state index contributed by atoms with van der Waals surface area (Å²) >= 11 is 0. The summed E-state index contributed by atoms with van der Waals surface area (Å²) in [7, 11) is 1.68. The SMILES string of the molecule is CCn1c(=O)c2c(nc3n2CCCN3c2cc(C)cc(C)c2)n(C)c1=O. The van der Waals surface area contributed by atoms with Crippen LogP contribution in [0.4, 0.5) is 11.6 Å². The van der Waals surface area contributed by atoms with Gasteiger partial charge in [0.25, 0.3) is 5.56 Å². The first-order valence-electron chi connectivity index (χ1n) is 8.98. The zero-order valence-corrected chi connectivity index (χ0v) is 15.6. The lowest BCUT2D eigenvalue weighted by Crippen LogP contribution is -2.39. The van der Waals surface area contributed by atoms with Gasteiger partial charge >= 0.3 is 5.69 Å². The van der Waals surface area contributed by atoms with Crippen LogP contribution in [0.15, 0.2) is 27.8 Å². The first-order valence-corrected chi connectivity index (χ1v) is 8.98. The largest absolute Gasteiger partial charge is 0.332 e. The summed E-state index contributed by atoms with van der Waals surface area (Å²) in [6, 6.07) is 6.40. The number of nitrogens with zero attached hydrogens (tertiary/aromatic N) is 5. The van der Waals surface area contributed by atoms with E-state index < -0.39 is 0 Å². The second kappa shape index (κ2) is 5.86. The summed E-state index contributed by atoms with van der Waals surface area (Å²) in [6.45, 7) is 7.87. The summed E-state index contributed by atoms with van der Waals surface area (Å²) in [5, 5.41) is 0. The van der Waals surface area contributed by atoms with Crippen LogP contribution in [0.2, 0.25) is 0 Å². The molecule has 0 spiro atoms. The number of anilines is 2. The number of hydrogen-bond acceptors (Lipinski definition) is 4. The molecule has 1 aliphatic heterocycles. The third-order valence-electron chi connectivity index (χ3n) is 5.05. The van der Waals surface area contributed by atoms with Gasteiger partial charge in [-0.25, -0.2) is 4.79 Å². The molecule has 0 bridgehead atoms. The van der Waals surface area contributed by atoms with E-state index in [1.165, 1.54) is 20.3 Å². The minimum absolute atomic E-state index is 0.258.